The minimum Gasteiger partial charge on any atom is -0.493 e. The quantitative estimate of drug-likeness (QED) is 0.325. The molecule has 3 atom stereocenters. The second-order valence-corrected chi connectivity index (χ2v) is 14.0. The zero-order valence-electron chi connectivity index (χ0n) is 23.8. The van der Waals surface area contributed by atoms with Gasteiger partial charge in [0, 0.05) is 29.0 Å². The van der Waals surface area contributed by atoms with Gasteiger partial charge < -0.3 is 19.3 Å². The van der Waals surface area contributed by atoms with Gasteiger partial charge in [0.05, 0.1) is 31.1 Å². The third kappa shape index (κ3) is 5.71. The molecule has 1 aliphatic carbocycles. The number of carboxylic acids is 1. The molecule has 2 aliphatic heterocycles. The van der Waals surface area contributed by atoms with Gasteiger partial charge in [-0.25, -0.2) is 12.8 Å². The lowest BCUT2D eigenvalue weighted by molar-refractivity contribution is -0.137. The Bertz CT molecular complexity index is 1630. The van der Waals surface area contributed by atoms with Crippen molar-refractivity contribution < 1.29 is 36.9 Å². The lowest BCUT2D eigenvalue weighted by Crippen LogP contribution is -2.29. The first-order chi connectivity index (χ1) is 20.1. The number of hydrogen-bond donors (Lipinski definition) is 1. The van der Waals surface area contributed by atoms with E-state index < -0.39 is 21.9 Å². The summed E-state index contributed by atoms with van der Waals surface area (Å²) < 4.78 is 57.4. The predicted molar refractivity (Wildman–Crippen MR) is 157 cm³/mol. The number of aryl methyl sites for hydroxylation is 2. The maximum atomic E-state index is 15.3. The van der Waals surface area contributed by atoms with Crippen molar-refractivity contribution in [1.82, 2.24) is 0 Å². The van der Waals surface area contributed by atoms with Gasteiger partial charge in [0.1, 0.15) is 29.2 Å². The largest absolute Gasteiger partial charge is 0.493 e. The molecule has 1 N–H and O–H groups in total. The van der Waals surface area contributed by atoms with Crippen LogP contribution in [0.2, 0.25) is 0 Å². The lowest BCUT2D eigenvalue weighted by Gasteiger charge is -2.23. The summed E-state index contributed by atoms with van der Waals surface area (Å²) in [6.07, 6.45) is 2.39. The summed E-state index contributed by atoms with van der Waals surface area (Å²) in [5, 5.41) is 9.16. The molecule has 3 aromatic rings. The van der Waals surface area contributed by atoms with E-state index in [0.717, 1.165) is 39.8 Å². The first-order valence-corrected chi connectivity index (χ1v) is 16.3. The van der Waals surface area contributed by atoms with Crippen LogP contribution in [-0.2, 0) is 21.1 Å². The number of sulfone groups is 1. The van der Waals surface area contributed by atoms with Gasteiger partial charge in [-0.2, -0.15) is 0 Å². The van der Waals surface area contributed by atoms with Crippen LogP contribution in [0.3, 0.4) is 0 Å². The van der Waals surface area contributed by atoms with Crippen LogP contribution in [0.4, 0.5) is 4.39 Å². The molecule has 9 heteroatoms. The molecule has 0 radical (unpaired) electrons. The van der Waals surface area contributed by atoms with Gasteiger partial charge in [-0.3, -0.25) is 4.79 Å². The summed E-state index contributed by atoms with van der Waals surface area (Å²) in [7, 11) is -2.99. The summed E-state index contributed by atoms with van der Waals surface area (Å²) >= 11 is 0. The van der Waals surface area contributed by atoms with E-state index in [4.69, 9.17) is 19.3 Å². The maximum absolute atomic E-state index is 15.3. The zero-order valence-corrected chi connectivity index (χ0v) is 24.6. The molecule has 0 aromatic heterocycles. The number of halogens is 1. The van der Waals surface area contributed by atoms with Crippen LogP contribution in [0.15, 0.2) is 42.5 Å². The number of carboxylic acid groups (broad SMARTS) is 1. The molecule has 6 rings (SSSR count). The Morgan fingerprint density at radius 3 is 2.60 bits per heavy atom. The van der Waals surface area contributed by atoms with E-state index in [0.29, 0.717) is 55.3 Å². The van der Waals surface area contributed by atoms with Crippen LogP contribution in [0.5, 0.6) is 17.2 Å². The minimum absolute atomic E-state index is 0.00439. The zero-order chi connectivity index (χ0) is 29.6. The Morgan fingerprint density at radius 1 is 1.07 bits per heavy atom. The predicted octanol–water partition coefficient (Wildman–Crippen LogP) is 6.33. The van der Waals surface area contributed by atoms with Crippen molar-refractivity contribution in [3.8, 4) is 28.4 Å². The summed E-state index contributed by atoms with van der Waals surface area (Å²) in [6, 6.07) is 12.7. The van der Waals surface area contributed by atoms with E-state index in [1.807, 2.05) is 38.1 Å². The Balaban J connectivity index is 1.22. The van der Waals surface area contributed by atoms with Gasteiger partial charge in [0.2, 0.25) is 0 Å². The standard InChI is InChI=1S/C33H35FO7S/c1-19-12-24(39-16-21-4-3-11-42(37,38)18-21)13-20(2)32(19)26-7-9-28(34)33-27(26)8-10-29(33)41-23-5-6-25-22(14-31(35)36)17-40-30(25)15-23/h5-7,9,12-13,15,21-22,29H,3-4,8,10-11,14,16-18H2,1-2H3,(H,35,36)/t21?,22-,29?/m1/s1. The Labute approximate surface area is 245 Å². The van der Waals surface area contributed by atoms with Gasteiger partial charge in [-0.05, 0) is 91.6 Å². The number of ether oxygens (including phenoxy) is 3. The van der Waals surface area contributed by atoms with Gasteiger partial charge in [-0.1, -0.05) is 12.1 Å². The number of rotatable bonds is 8. The molecular weight excluding hydrogens is 559 g/mol. The number of aliphatic carboxylic acids is 1. The average molecular weight is 595 g/mol. The SMILES string of the molecule is Cc1cc(OCC2CCCS(=O)(=O)C2)cc(C)c1-c1ccc(F)c2c1CCC2Oc1ccc2c(c1)OC[C@H]2CC(=O)O. The number of hydrogen-bond acceptors (Lipinski definition) is 6. The fraction of sp³-hybridized carbons (Fsp3) is 0.424. The van der Waals surface area contributed by atoms with Crippen LogP contribution in [0, 0.1) is 25.6 Å². The third-order valence-corrected chi connectivity index (χ3v) is 10.6. The van der Waals surface area contributed by atoms with Crippen LogP contribution < -0.4 is 14.2 Å². The molecule has 1 saturated heterocycles. The van der Waals surface area contributed by atoms with Gasteiger partial charge in [-0.15, -0.1) is 0 Å². The second-order valence-electron chi connectivity index (χ2n) is 11.8. The molecule has 0 amide bonds. The minimum atomic E-state index is -2.99. The van der Waals surface area contributed by atoms with Crippen molar-refractivity contribution in [2.45, 2.75) is 58.0 Å². The molecular formula is C33H35FO7S. The van der Waals surface area contributed by atoms with E-state index >= 15 is 4.39 Å². The maximum Gasteiger partial charge on any atom is 0.304 e. The highest BCUT2D eigenvalue weighted by molar-refractivity contribution is 7.91. The summed E-state index contributed by atoms with van der Waals surface area (Å²) in [5.74, 6) is 0.982. The molecule has 3 aliphatic rings. The molecule has 0 saturated carbocycles. The van der Waals surface area contributed by atoms with E-state index in [1.165, 1.54) is 6.07 Å². The Kier molecular flexibility index (Phi) is 7.64. The van der Waals surface area contributed by atoms with E-state index in [2.05, 4.69) is 0 Å². The topological polar surface area (TPSA) is 99.1 Å². The molecule has 7 nitrogen and oxygen atoms in total. The molecule has 42 heavy (non-hydrogen) atoms. The monoisotopic (exact) mass is 594 g/mol. The van der Waals surface area contributed by atoms with E-state index in [9.17, 15) is 13.2 Å². The van der Waals surface area contributed by atoms with Crippen molar-refractivity contribution in [1.29, 1.82) is 0 Å². The van der Waals surface area contributed by atoms with E-state index in [-0.39, 0.29) is 35.6 Å². The van der Waals surface area contributed by atoms with E-state index in [1.54, 1.807) is 12.1 Å². The van der Waals surface area contributed by atoms with Gasteiger partial charge in [0.15, 0.2) is 9.84 Å². The fourth-order valence-corrected chi connectivity index (χ4v) is 8.55. The first kappa shape index (κ1) is 28.5. The fourth-order valence-electron chi connectivity index (χ4n) is 6.79. The molecule has 0 spiro atoms. The first-order valence-electron chi connectivity index (χ1n) is 14.5. The smallest absolute Gasteiger partial charge is 0.304 e. The van der Waals surface area contributed by atoms with Crippen LogP contribution >= 0.6 is 0 Å². The van der Waals surface area contributed by atoms with Crippen LogP contribution in [0.25, 0.3) is 11.1 Å². The van der Waals surface area contributed by atoms with Crippen LogP contribution in [0.1, 0.15) is 65.5 Å². The summed E-state index contributed by atoms with van der Waals surface area (Å²) in [6.45, 7) is 4.72. The van der Waals surface area contributed by atoms with Crippen molar-refractivity contribution >= 4 is 15.8 Å². The molecule has 222 valence electrons. The van der Waals surface area contributed by atoms with Crippen molar-refractivity contribution in [2.75, 3.05) is 24.7 Å². The highest BCUT2D eigenvalue weighted by Crippen LogP contribution is 2.45. The molecule has 2 heterocycles. The Morgan fingerprint density at radius 2 is 1.86 bits per heavy atom. The van der Waals surface area contributed by atoms with Gasteiger partial charge in [0.25, 0.3) is 0 Å². The number of carbonyl (C=O) groups is 1. The van der Waals surface area contributed by atoms with Crippen molar-refractivity contribution in [2.24, 2.45) is 5.92 Å². The normalized spacial score (nSPS) is 22.2. The van der Waals surface area contributed by atoms with Crippen molar-refractivity contribution in [3.05, 3.63) is 76.1 Å². The highest BCUT2D eigenvalue weighted by atomic mass is 32.2. The van der Waals surface area contributed by atoms with Crippen molar-refractivity contribution in [3.63, 3.8) is 0 Å². The molecule has 3 aromatic carbocycles. The molecule has 0 bridgehead atoms. The lowest BCUT2D eigenvalue weighted by atomic mass is 9.90. The average Bonchev–Trinajstić information content (AvgIpc) is 3.52. The van der Waals surface area contributed by atoms with Crippen LogP contribution in [-0.4, -0.2) is 44.2 Å². The van der Waals surface area contributed by atoms with Gasteiger partial charge >= 0.3 is 5.97 Å². The number of benzene rings is 3. The molecule has 2 unspecified atom stereocenters. The Hall–Kier alpha value is -3.59. The number of fused-ring (bicyclic) bond motifs is 2. The summed E-state index contributed by atoms with van der Waals surface area (Å²) in [4.78, 5) is 11.2. The molecule has 1 fully saturated rings. The highest BCUT2D eigenvalue weighted by Gasteiger charge is 2.32. The second kappa shape index (κ2) is 11.2. The third-order valence-electron chi connectivity index (χ3n) is 8.67. The summed E-state index contributed by atoms with van der Waals surface area (Å²) in [5.41, 5.74) is 6.38.